The summed E-state index contributed by atoms with van der Waals surface area (Å²) >= 11 is 0. The first-order chi connectivity index (χ1) is 8.08. The molecule has 98 valence electrons. The fourth-order valence-electron chi connectivity index (χ4n) is 2.76. The Bertz CT molecular complexity index is 257. The van der Waals surface area contributed by atoms with Gasteiger partial charge in [-0.2, -0.15) is 5.26 Å². The molecule has 1 saturated carbocycles. The zero-order valence-corrected chi connectivity index (χ0v) is 11.8. The molecule has 0 aromatic carbocycles. The molecule has 3 unspecified atom stereocenters. The molecule has 0 aromatic rings. The molecule has 1 aliphatic carbocycles. The predicted octanol–water partition coefficient (Wildman–Crippen LogP) is 2.20. The van der Waals surface area contributed by atoms with Crippen LogP contribution < -0.4 is 0 Å². The molecule has 0 aromatic heterocycles. The summed E-state index contributed by atoms with van der Waals surface area (Å²) < 4.78 is 0. The molecule has 3 heteroatoms. The van der Waals surface area contributed by atoms with E-state index in [1.54, 1.807) is 0 Å². The molecular weight excluding hydrogens is 210 g/mol. The van der Waals surface area contributed by atoms with Crippen LogP contribution in [-0.4, -0.2) is 50.1 Å². The van der Waals surface area contributed by atoms with Crippen molar-refractivity contribution in [2.45, 2.75) is 38.6 Å². The van der Waals surface area contributed by atoms with Crippen LogP contribution in [0.5, 0.6) is 0 Å². The molecule has 1 aliphatic rings. The Labute approximate surface area is 106 Å². The van der Waals surface area contributed by atoms with E-state index in [2.05, 4.69) is 43.9 Å². The van der Waals surface area contributed by atoms with Gasteiger partial charge in [-0.05, 0) is 46.3 Å². The standard InChI is InChI=1S/C14H27N3/c1-5-12-6-7-13(11-15)14(10-12)17(4)9-8-16(2)3/h12-14H,5-10H2,1-4H3. The maximum absolute atomic E-state index is 9.26. The Balaban J connectivity index is 2.53. The van der Waals surface area contributed by atoms with Crippen LogP contribution in [0.25, 0.3) is 0 Å². The van der Waals surface area contributed by atoms with E-state index < -0.39 is 0 Å². The van der Waals surface area contributed by atoms with Crippen LogP contribution in [0.3, 0.4) is 0 Å². The molecule has 0 saturated heterocycles. The predicted molar refractivity (Wildman–Crippen MR) is 71.7 cm³/mol. The molecule has 0 aliphatic heterocycles. The van der Waals surface area contributed by atoms with E-state index in [9.17, 15) is 5.26 Å². The Morgan fingerprint density at radius 1 is 1.18 bits per heavy atom. The molecule has 1 rings (SSSR count). The lowest BCUT2D eigenvalue weighted by molar-refractivity contribution is 0.116. The molecule has 0 amide bonds. The SMILES string of the molecule is CCC1CCC(C#N)C(N(C)CCN(C)C)C1. The van der Waals surface area contributed by atoms with E-state index >= 15 is 0 Å². The molecule has 0 heterocycles. The third-order valence-corrected chi connectivity index (χ3v) is 4.13. The maximum Gasteiger partial charge on any atom is 0.0672 e. The summed E-state index contributed by atoms with van der Waals surface area (Å²) in [5.41, 5.74) is 0. The second-order valence-electron chi connectivity index (χ2n) is 5.67. The topological polar surface area (TPSA) is 30.3 Å². The van der Waals surface area contributed by atoms with Crippen molar-refractivity contribution in [2.75, 3.05) is 34.2 Å². The Morgan fingerprint density at radius 2 is 1.88 bits per heavy atom. The first kappa shape index (κ1) is 14.5. The fourth-order valence-corrected chi connectivity index (χ4v) is 2.76. The lowest BCUT2D eigenvalue weighted by Crippen LogP contribution is -2.44. The average Bonchev–Trinajstić information content (AvgIpc) is 2.34. The van der Waals surface area contributed by atoms with E-state index in [0.29, 0.717) is 6.04 Å². The van der Waals surface area contributed by atoms with Gasteiger partial charge < -0.3 is 9.80 Å². The van der Waals surface area contributed by atoms with Gasteiger partial charge >= 0.3 is 0 Å². The van der Waals surface area contributed by atoms with Crippen LogP contribution in [0, 0.1) is 23.2 Å². The minimum atomic E-state index is 0.241. The van der Waals surface area contributed by atoms with Crippen molar-refractivity contribution in [1.29, 1.82) is 5.26 Å². The molecule has 3 atom stereocenters. The van der Waals surface area contributed by atoms with Gasteiger partial charge in [-0.15, -0.1) is 0 Å². The highest BCUT2D eigenvalue weighted by Crippen LogP contribution is 2.33. The summed E-state index contributed by atoms with van der Waals surface area (Å²) in [6.07, 6.45) is 4.80. The quantitative estimate of drug-likeness (QED) is 0.734. The van der Waals surface area contributed by atoms with E-state index in [-0.39, 0.29) is 5.92 Å². The lowest BCUT2D eigenvalue weighted by Gasteiger charge is -2.38. The fraction of sp³-hybridized carbons (Fsp3) is 0.929. The maximum atomic E-state index is 9.26. The van der Waals surface area contributed by atoms with Crippen LogP contribution in [0.15, 0.2) is 0 Å². The van der Waals surface area contributed by atoms with Crippen LogP contribution in [0.4, 0.5) is 0 Å². The Hall–Kier alpha value is -0.590. The average molecular weight is 237 g/mol. The highest BCUT2D eigenvalue weighted by molar-refractivity contribution is 4.96. The van der Waals surface area contributed by atoms with E-state index in [0.717, 1.165) is 25.4 Å². The summed E-state index contributed by atoms with van der Waals surface area (Å²) in [6, 6.07) is 2.98. The van der Waals surface area contributed by atoms with Crippen LogP contribution >= 0.6 is 0 Å². The minimum absolute atomic E-state index is 0.241. The Morgan fingerprint density at radius 3 is 2.41 bits per heavy atom. The number of hydrogen-bond donors (Lipinski definition) is 0. The smallest absolute Gasteiger partial charge is 0.0672 e. The van der Waals surface area contributed by atoms with Gasteiger partial charge in [0.15, 0.2) is 0 Å². The molecule has 1 fully saturated rings. The van der Waals surface area contributed by atoms with Gasteiger partial charge in [0, 0.05) is 19.1 Å². The van der Waals surface area contributed by atoms with Crippen molar-refractivity contribution in [3.63, 3.8) is 0 Å². The second kappa shape index (κ2) is 6.98. The molecule has 0 spiro atoms. The molecule has 0 N–H and O–H groups in total. The number of nitrogens with zero attached hydrogens (tertiary/aromatic N) is 3. The van der Waals surface area contributed by atoms with Crippen LogP contribution in [-0.2, 0) is 0 Å². The van der Waals surface area contributed by atoms with Gasteiger partial charge in [0.2, 0.25) is 0 Å². The summed E-state index contributed by atoms with van der Waals surface area (Å²) in [4.78, 5) is 4.60. The summed E-state index contributed by atoms with van der Waals surface area (Å²) in [7, 11) is 6.38. The monoisotopic (exact) mass is 237 g/mol. The van der Waals surface area contributed by atoms with Gasteiger partial charge in [-0.25, -0.2) is 0 Å². The minimum Gasteiger partial charge on any atom is -0.308 e. The number of hydrogen-bond acceptors (Lipinski definition) is 3. The zero-order chi connectivity index (χ0) is 12.8. The van der Waals surface area contributed by atoms with Crippen molar-refractivity contribution in [1.82, 2.24) is 9.80 Å². The molecular formula is C14H27N3. The third-order valence-electron chi connectivity index (χ3n) is 4.13. The zero-order valence-electron chi connectivity index (χ0n) is 11.8. The normalized spacial score (nSPS) is 29.6. The highest BCUT2D eigenvalue weighted by atomic mass is 15.2. The number of rotatable bonds is 5. The summed E-state index contributed by atoms with van der Waals surface area (Å²) in [6.45, 7) is 4.41. The van der Waals surface area contributed by atoms with Crippen molar-refractivity contribution in [2.24, 2.45) is 11.8 Å². The van der Waals surface area contributed by atoms with E-state index in [1.165, 1.54) is 19.3 Å². The molecule has 0 radical (unpaired) electrons. The number of likely N-dealkylation sites (N-methyl/N-ethyl adjacent to an activating group) is 2. The van der Waals surface area contributed by atoms with Crippen molar-refractivity contribution in [3.05, 3.63) is 0 Å². The highest BCUT2D eigenvalue weighted by Gasteiger charge is 2.32. The largest absolute Gasteiger partial charge is 0.308 e. The first-order valence-electron chi connectivity index (χ1n) is 6.83. The van der Waals surface area contributed by atoms with E-state index in [1.807, 2.05) is 0 Å². The summed E-state index contributed by atoms with van der Waals surface area (Å²) in [5, 5.41) is 9.26. The van der Waals surface area contributed by atoms with Crippen LogP contribution in [0.1, 0.15) is 32.6 Å². The van der Waals surface area contributed by atoms with Gasteiger partial charge in [0.1, 0.15) is 0 Å². The van der Waals surface area contributed by atoms with Gasteiger partial charge in [-0.1, -0.05) is 13.3 Å². The van der Waals surface area contributed by atoms with Crippen LogP contribution in [0.2, 0.25) is 0 Å². The molecule has 0 bridgehead atoms. The van der Waals surface area contributed by atoms with Gasteiger partial charge in [-0.3, -0.25) is 0 Å². The second-order valence-corrected chi connectivity index (χ2v) is 5.67. The van der Waals surface area contributed by atoms with E-state index in [4.69, 9.17) is 0 Å². The van der Waals surface area contributed by atoms with Crippen molar-refractivity contribution >= 4 is 0 Å². The van der Waals surface area contributed by atoms with Gasteiger partial charge in [0.25, 0.3) is 0 Å². The number of nitriles is 1. The third kappa shape index (κ3) is 4.29. The van der Waals surface area contributed by atoms with Crippen molar-refractivity contribution in [3.8, 4) is 6.07 Å². The summed E-state index contributed by atoms with van der Waals surface area (Å²) in [5.74, 6) is 1.07. The van der Waals surface area contributed by atoms with Gasteiger partial charge in [0.05, 0.1) is 12.0 Å². The molecule has 17 heavy (non-hydrogen) atoms. The molecule has 3 nitrogen and oxygen atoms in total. The first-order valence-corrected chi connectivity index (χ1v) is 6.83. The Kier molecular flexibility index (Phi) is 5.94. The van der Waals surface area contributed by atoms with Crippen molar-refractivity contribution < 1.29 is 0 Å². The lowest BCUT2D eigenvalue weighted by atomic mass is 9.77.